The number of carbonyl (C=O) groups is 1. The Morgan fingerprint density at radius 1 is 1.65 bits per heavy atom. The van der Waals surface area contributed by atoms with Crippen molar-refractivity contribution < 1.29 is 9.90 Å². The van der Waals surface area contributed by atoms with Crippen molar-refractivity contribution in [2.75, 3.05) is 6.61 Å². The van der Waals surface area contributed by atoms with Crippen LogP contribution < -0.4 is 5.32 Å². The summed E-state index contributed by atoms with van der Waals surface area (Å²) < 4.78 is 1.59. The molecule has 0 bridgehead atoms. The number of hydrogen-bond donors (Lipinski definition) is 2. The Balaban J connectivity index is 2.04. The normalized spacial score (nSPS) is 23.9. The van der Waals surface area contributed by atoms with Gasteiger partial charge in [-0.3, -0.25) is 9.48 Å². The molecule has 1 aromatic rings. The van der Waals surface area contributed by atoms with Crippen molar-refractivity contribution in [2.24, 2.45) is 13.0 Å². The van der Waals surface area contributed by atoms with Gasteiger partial charge in [0.1, 0.15) is 5.69 Å². The fourth-order valence-corrected chi connectivity index (χ4v) is 2.51. The van der Waals surface area contributed by atoms with Gasteiger partial charge in [0.15, 0.2) is 0 Å². The predicted octanol–water partition coefficient (Wildman–Crippen LogP) is 0.619. The molecule has 1 aliphatic rings. The van der Waals surface area contributed by atoms with E-state index in [0.717, 1.165) is 25.0 Å². The molecule has 0 aliphatic heterocycles. The number of hydrogen-bond acceptors (Lipinski definition) is 3. The third-order valence-corrected chi connectivity index (χ3v) is 3.44. The van der Waals surface area contributed by atoms with Crippen LogP contribution in [0.1, 0.15) is 35.4 Å². The van der Waals surface area contributed by atoms with Crippen LogP contribution in [0.2, 0.25) is 0 Å². The molecule has 1 aromatic heterocycles. The zero-order valence-corrected chi connectivity index (χ0v) is 10.3. The zero-order valence-electron chi connectivity index (χ0n) is 10.3. The van der Waals surface area contributed by atoms with Gasteiger partial charge in [-0.2, -0.15) is 5.10 Å². The minimum absolute atomic E-state index is 0.0987. The minimum atomic E-state index is -0.0987. The standard InChI is InChI=1S/C12H19N3O2/c1-8-6-11(15(2)14-8)12(17)13-10-5-3-4-9(10)7-16/h6,9-10,16H,3-5,7H2,1-2H3,(H,13,17). The number of carbonyl (C=O) groups excluding carboxylic acids is 1. The first-order valence-corrected chi connectivity index (χ1v) is 6.04. The maximum Gasteiger partial charge on any atom is 0.269 e. The van der Waals surface area contributed by atoms with Crippen LogP contribution in [-0.2, 0) is 7.05 Å². The zero-order chi connectivity index (χ0) is 12.4. The van der Waals surface area contributed by atoms with E-state index >= 15 is 0 Å². The molecule has 0 saturated heterocycles. The first-order valence-electron chi connectivity index (χ1n) is 6.04. The highest BCUT2D eigenvalue weighted by Crippen LogP contribution is 2.25. The van der Waals surface area contributed by atoms with Crippen molar-refractivity contribution in [1.29, 1.82) is 0 Å². The topological polar surface area (TPSA) is 67.2 Å². The van der Waals surface area contributed by atoms with E-state index in [1.165, 1.54) is 0 Å². The maximum absolute atomic E-state index is 12.0. The number of amides is 1. The number of aliphatic hydroxyl groups is 1. The number of nitrogens with one attached hydrogen (secondary N) is 1. The summed E-state index contributed by atoms with van der Waals surface area (Å²) in [5, 5.41) is 16.4. The van der Waals surface area contributed by atoms with Gasteiger partial charge < -0.3 is 10.4 Å². The van der Waals surface area contributed by atoms with Crippen LogP contribution in [0.4, 0.5) is 0 Å². The summed E-state index contributed by atoms with van der Waals surface area (Å²) in [4.78, 5) is 12.0. The highest BCUT2D eigenvalue weighted by Gasteiger charge is 2.28. The molecule has 0 spiro atoms. The maximum atomic E-state index is 12.0. The minimum Gasteiger partial charge on any atom is -0.396 e. The number of rotatable bonds is 3. The molecule has 5 nitrogen and oxygen atoms in total. The molecule has 1 aliphatic carbocycles. The van der Waals surface area contributed by atoms with E-state index < -0.39 is 0 Å². The van der Waals surface area contributed by atoms with Gasteiger partial charge in [0.2, 0.25) is 0 Å². The fraction of sp³-hybridized carbons (Fsp3) is 0.667. The van der Waals surface area contributed by atoms with Crippen molar-refractivity contribution in [1.82, 2.24) is 15.1 Å². The van der Waals surface area contributed by atoms with Crippen LogP contribution in [-0.4, -0.2) is 33.4 Å². The summed E-state index contributed by atoms with van der Waals surface area (Å²) in [7, 11) is 1.76. The molecule has 1 saturated carbocycles. The highest BCUT2D eigenvalue weighted by atomic mass is 16.3. The summed E-state index contributed by atoms with van der Waals surface area (Å²) >= 11 is 0. The Hall–Kier alpha value is -1.36. The third-order valence-electron chi connectivity index (χ3n) is 3.44. The molecule has 1 fully saturated rings. The van der Waals surface area contributed by atoms with Gasteiger partial charge in [-0.05, 0) is 25.8 Å². The van der Waals surface area contributed by atoms with E-state index in [1.54, 1.807) is 17.8 Å². The number of aliphatic hydroxyl groups excluding tert-OH is 1. The molecule has 5 heteroatoms. The van der Waals surface area contributed by atoms with E-state index in [-0.39, 0.29) is 24.5 Å². The Labute approximate surface area is 101 Å². The van der Waals surface area contributed by atoms with Gasteiger partial charge in [0.05, 0.1) is 5.69 Å². The van der Waals surface area contributed by atoms with Gasteiger partial charge in [0, 0.05) is 25.6 Å². The van der Waals surface area contributed by atoms with Crippen LogP contribution in [0, 0.1) is 12.8 Å². The predicted molar refractivity (Wildman–Crippen MR) is 63.6 cm³/mol. The van der Waals surface area contributed by atoms with Crippen LogP contribution >= 0.6 is 0 Å². The van der Waals surface area contributed by atoms with Crippen molar-refractivity contribution in [3.05, 3.63) is 17.5 Å². The second-order valence-electron chi connectivity index (χ2n) is 4.75. The van der Waals surface area contributed by atoms with Crippen molar-refractivity contribution in [2.45, 2.75) is 32.2 Å². The molecule has 2 atom stereocenters. The average molecular weight is 237 g/mol. The smallest absolute Gasteiger partial charge is 0.269 e. The molecule has 2 rings (SSSR count). The average Bonchev–Trinajstić information content (AvgIpc) is 2.84. The Bertz CT molecular complexity index is 414. The van der Waals surface area contributed by atoms with E-state index in [9.17, 15) is 9.90 Å². The lowest BCUT2D eigenvalue weighted by molar-refractivity contribution is 0.0906. The lowest BCUT2D eigenvalue weighted by Crippen LogP contribution is -2.39. The van der Waals surface area contributed by atoms with Gasteiger partial charge in [-0.15, -0.1) is 0 Å². The Kier molecular flexibility index (Phi) is 3.47. The van der Waals surface area contributed by atoms with Crippen molar-refractivity contribution >= 4 is 5.91 Å². The van der Waals surface area contributed by atoms with E-state index in [0.29, 0.717) is 5.69 Å². The van der Waals surface area contributed by atoms with Crippen molar-refractivity contribution in [3.63, 3.8) is 0 Å². The van der Waals surface area contributed by atoms with Gasteiger partial charge in [0.25, 0.3) is 5.91 Å². The van der Waals surface area contributed by atoms with Crippen LogP contribution in [0.25, 0.3) is 0 Å². The summed E-state index contributed by atoms with van der Waals surface area (Å²) in [6.07, 6.45) is 3.01. The molecule has 0 aromatic carbocycles. The number of aryl methyl sites for hydroxylation is 2. The lowest BCUT2D eigenvalue weighted by atomic mass is 10.1. The van der Waals surface area contributed by atoms with Gasteiger partial charge in [-0.25, -0.2) is 0 Å². The molecule has 1 heterocycles. The van der Waals surface area contributed by atoms with E-state index in [2.05, 4.69) is 10.4 Å². The second kappa shape index (κ2) is 4.87. The second-order valence-corrected chi connectivity index (χ2v) is 4.75. The summed E-state index contributed by atoms with van der Waals surface area (Å²) in [6.45, 7) is 2.01. The molecule has 0 radical (unpaired) electrons. The SMILES string of the molecule is Cc1cc(C(=O)NC2CCCC2CO)n(C)n1. The van der Waals surface area contributed by atoms with E-state index in [4.69, 9.17) is 0 Å². The molecule has 2 N–H and O–H groups in total. The highest BCUT2D eigenvalue weighted by molar-refractivity contribution is 5.92. The van der Waals surface area contributed by atoms with E-state index in [1.807, 2.05) is 6.92 Å². The van der Waals surface area contributed by atoms with Crippen LogP contribution in [0.15, 0.2) is 6.07 Å². The summed E-state index contributed by atoms with van der Waals surface area (Å²) in [6, 6.07) is 1.88. The monoisotopic (exact) mass is 237 g/mol. The molecular formula is C12H19N3O2. The quantitative estimate of drug-likeness (QED) is 0.810. The first-order chi connectivity index (χ1) is 8.11. The fourth-order valence-electron chi connectivity index (χ4n) is 2.51. The Morgan fingerprint density at radius 2 is 2.41 bits per heavy atom. The number of nitrogens with zero attached hydrogens (tertiary/aromatic N) is 2. The molecule has 1 amide bonds. The largest absolute Gasteiger partial charge is 0.396 e. The van der Waals surface area contributed by atoms with Crippen molar-refractivity contribution in [3.8, 4) is 0 Å². The third kappa shape index (κ3) is 2.49. The lowest BCUT2D eigenvalue weighted by Gasteiger charge is -2.18. The summed E-state index contributed by atoms with van der Waals surface area (Å²) in [5.41, 5.74) is 1.41. The van der Waals surface area contributed by atoms with Gasteiger partial charge >= 0.3 is 0 Å². The number of aromatic nitrogens is 2. The Morgan fingerprint density at radius 3 is 3.00 bits per heavy atom. The van der Waals surface area contributed by atoms with Crippen LogP contribution in [0.3, 0.4) is 0 Å². The van der Waals surface area contributed by atoms with Gasteiger partial charge in [-0.1, -0.05) is 6.42 Å². The molecular weight excluding hydrogens is 218 g/mol. The molecule has 17 heavy (non-hydrogen) atoms. The molecule has 2 unspecified atom stereocenters. The van der Waals surface area contributed by atoms with Crippen LogP contribution in [0.5, 0.6) is 0 Å². The first kappa shape index (κ1) is 12.1. The summed E-state index contributed by atoms with van der Waals surface area (Å²) in [5.74, 6) is 0.103. The molecule has 94 valence electrons.